The van der Waals surface area contributed by atoms with Crippen molar-refractivity contribution in [1.82, 2.24) is 29.5 Å². The van der Waals surface area contributed by atoms with Gasteiger partial charge in [-0.3, -0.25) is 0 Å². The van der Waals surface area contributed by atoms with E-state index < -0.39 is 0 Å². The maximum Gasteiger partial charge on any atom is 0.164 e. The molecule has 0 aliphatic heterocycles. The SMILES string of the molecule is c1ccc(-c2nc(-c3ccccc3)nc(-c3cccc4oc5ccc(-c6nc(-c7ccc8c(c7)c7ccccc7n8-c7ccccc7)c7ccccc7n6)cc5c34)n2)cc1. The summed E-state index contributed by atoms with van der Waals surface area (Å²) in [7, 11) is 0. The molecule has 4 heterocycles. The molecule has 7 heteroatoms. The lowest BCUT2D eigenvalue weighted by Gasteiger charge is -2.11. The number of benzene rings is 8. The Bertz CT molecular complexity index is 3540. The molecule has 280 valence electrons. The lowest BCUT2D eigenvalue weighted by atomic mass is 10.0. The van der Waals surface area contributed by atoms with Crippen LogP contribution in [0.15, 0.2) is 199 Å². The lowest BCUT2D eigenvalue weighted by Crippen LogP contribution is -2.00. The van der Waals surface area contributed by atoms with Crippen LogP contribution < -0.4 is 0 Å². The van der Waals surface area contributed by atoms with Gasteiger partial charge < -0.3 is 8.98 Å². The average molecular weight is 769 g/mol. The number of aromatic nitrogens is 6. The molecule has 0 aliphatic carbocycles. The minimum Gasteiger partial charge on any atom is -0.456 e. The number of fused-ring (bicyclic) bond motifs is 7. The Morgan fingerprint density at radius 1 is 0.350 bits per heavy atom. The van der Waals surface area contributed by atoms with E-state index in [0.29, 0.717) is 23.3 Å². The standard InChI is InChI=1S/C53H32N6O/c1-4-15-33(16-5-1)50-56-51(34-17-6-2-7-18-34)58-53(57-50)40-23-14-26-47-48(40)42-32-36(28-30-46(42)60-47)52-54-43-24-12-10-22-39(43)49(55-52)35-27-29-45-41(31-35)38-21-11-13-25-44(38)59(45)37-19-8-3-9-20-37/h1-32H. The van der Waals surface area contributed by atoms with Gasteiger partial charge in [0.25, 0.3) is 0 Å². The fraction of sp³-hybridized carbons (Fsp3) is 0. The number of para-hydroxylation sites is 3. The highest BCUT2D eigenvalue weighted by atomic mass is 16.3. The quantitative estimate of drug-likeness (QED) is 0.167. The monoisotopic (exact) mass is 768 g/mol. The molecule has 0 saturated carbocycles. The first kappa shape index (κ1) is 33.8. The first-order valence-corrected chi connectivity index (χ1v) is 19.9. The molecule has 60 heavy (non-hydrogen) atoms. The normalized spacial score (nSPS) is 11.7. The maximum atomic E-state index is 6.49. The highest BCUT2D eigenvalue weighted by Crippen LogP contribution is 2.40. The predicted molar refractivity (Wildman–Crippen MR) is 242 cm³/mol. The van der Waals surface area contributed by atoms with Gasteiger partial charge in [-0.2, -0.15) is 0 Å². The van der Waals surface area contributed by atoms with E-state index in [1.54, 1.807) is 0 Å². The van der Waals surface area contributed by atoms with E-state index in [0.717, 1.165) is 83.1 Å². The second-order valence-electron chi connectivity index (χ2n) is 14.9. The van der Waals surface area contributed by atoms with Gasteiger partial charge in [0.1, 0.15) is 11.2 Å². The van der Waals surface area contributed by atoms with Crippen molar-refractivity contribution in [1.29, 1.82) is 0 Å². The summed E-state index contributed by atoms with van der Waals surface area (Å²) < 4.78 is 8.83. The molecule has 4 aromatic heterocycles. The van der Waals surface area contributed by atoms with Gasteiger partial charge in [-0.15, -0.1) is 0 Å². The largest absolute Gasteiger partial charge is 0.456 e. The number of rotatable bonds is 6. The van der Waals surface area contributed by atoms with Crippen molar-refractivity contribution >= 4 is 54.6 Å². The van der Waals surface area contributed by atoms with Gasteiger partial charge in [0.15, 0.2) is 23.3 Å². The summed E-state index contributed by atoms with van der Waals surface area (Å²) in [6, 6.07) is 66.3. The molecule has 12 aromatic rings. The minimum absolute atomic E-state index is 0.565. The first-order chi connectivity index (χ1) is 29.7. The molecule has 7 nitrogen and oxygen atoms in total. The molecular weight excluding hydrogens is 737 g/mol. The Hall–Kier alpha value is -8.29. The third-order valence-corrected chi connectivity index (χ3v) is 11.3. The summed E-state index contributed by atoms with van der Waals surface area (Å²) >= 11 is 0. The van der Waals surface area contributed by atoms with E-state index in [-0.39, 0.29) is 0 Å². The molecule has 0 bridgehead atoms. The van der Waals surface area contributed by atoms with Gasteiger partial charge in [0.2, 0.25) is 0 Å². The molecule has 0 atom stereocenters. The summed E-state index contributed by atoms with van der Waals surface area (Å²) in [5, 5.41) is 5.19. The third-order valence-electron chi connectivity index (χ3n) is 11.3. The van der Waals surface area contributed by atoms with Gasteiger partial charge in [-0.1, -0.05) is 133 Å². The second kappa shape index (κ2) is 13.7. The van der Waals surface area contributed by atoms with Gasteiger partial charge in [-0.05, 0) is 60.7 Å². The van der Waals surface area contributed by atoms with Crippen molar-refractivity contribution < 1.29 is 4.42 Å². The van der Waals surface area contributed by atoms with Gasteiger partial charge in [-0.25, -0.2) is 24.9 Å². The number of hydrogen-bond donors (Lipinski definition) is 0. The van der Waals surface area contributed by atoms with Gasteiger partial charge in [0.05, 0.1) is 22.2 Å². The number of furan rings is 1. The third kappa shape index (κ3) is 5.56. The zero-order chi connectivity index (χ0) is 39.6. The predicted octanol–water partition coefficient (Wildman–Crippen LogP) is 13.1. The van der Waals surface area contributed by atoms with Crippen molar-refractivity contribution in [3.8, 4) is 62.5 Å². The molecule has 0 spiro atoms. The van der Waals surface area contributed by atoms with Crippen LogP contribution >= 0.6 is 0 Å². The van der Waals surface area contributed by atoms with Crippen LogP contribution in [0.2, 0.25) is 0 Å². The van der Waals surface area contributed by atoms with Crippen LogP contribution in [0.4, 0.5) is 0 Å². The molecule has 0 aliphatic rings. The Kier molecular flexibility index (Phi) is 7.71. The van der Waals surface area contributed by atoms with Crippen LogP contribution in [0.1, 0.15) is 0 Å². The second-order valence-corrected chi connectivity index (χ2v) is 14.9. The summed E-state index contributed by atoms with van der Waals surface area (Å²) in [6.07, 6.45) is 0. The van der Waals surface area contributed by atoms with Crippen LogP contribution in [0.25, 0.3) is 117 Å². The van der Waals surface area contributed by atoms with Crippen LogP contribution in [0.5, 0.6) is 0 Å². The Morgan fingerprint density at radius 3 is 1.72 bits per heavy atom. The van der Waals surface area contributed by atoms with E-state index in [1.807, 2.05) is 97.1 Å². The molecule has 0 radical (unpaired) electrons. The topological polar surface area (TPSA) is 82.5 Å². The molecule has 0 unspecified atom stereocenters. The number of nitrogens with zero attached hydrogens (tertiary/aromatic N) is 6. The summed E-state index contributed by atoms with van der Waals surface area (Å²) in [5.74, 6) is 2.39. The zero-order valence-corrected chi connectivity index (χ0v) is 32.1. The van der Waals surface area contributed by atoms with Gasteiger partial charge in [0, 0.05) is 60.4 Å². The smallest absolute Gasteiger partial charge is 0.164 e. The maximum absolute atomic E-state index is 6.49. The van der Waals surface area contributed by atoms with E-state index >= 15 is 0 Å². The van der Waals surface area contributed by atoms with E-state index in [2.05, 4.69) is 102 Å². The van der Waals surface area contributed by atoms with Crippen LogP contribution in [-0.4, -0.2) is 29.5 Å². The lowest BCUT2D eigenvalue weighted by molar-refractivity contribution is 0.669. The Balaban J connectivity index is 1.03. The molecule has 0 saturated heterocycles. The van der Waals surface area contributed by atoms with Gasteiger partial charge >= 0.3 is 0 Å². The summed E-state index contributed by atoms with van der Waals surface area (Å²) in [5.41, 5.74) is 11.2. The van der Waals surface area contributed by atoms with Crippen LogP contribution in [0, 0.1) is 0 Å². The zero-order valence-electron chi connectivity index (χ0n) is 32.1. The molecule has 12 rings (SSSR count). The number of hydrogen-bond acceptors (Lipinski definition) is 6. The van der Waals surface area contributed by atoms with Crippen LogP contribution in [0.3, 0.4) is 0 Å². The van der Waals surface area contributed by atoms with Crippen LogP contribution in [-0.2, 0) is 0 Å². The highest BCUT2D eigenvalue weighted by molar-refractivity contribution is 6.13. The molecule has 8 aromatic carbocycles. The van der Waals surface area contributed by atoms with Crippen molar-refractivity contribution in [3.63, 3.8) is 0 Å². The molecule has 0 N–H and O–H groups in total. The fourth-order valence-corrected chi connectivity index (χ4v) is 8.48. The van der Waals surface area contributed by atoms with E-state index in [1.165, 1.54) is 10.8 Å². The highest BCUT2D eigenvalue weighted by Gasteiger charge is 2.20. The minimum atomic E-state index is 0.565. The van der Waals surface area contributed by atoms with Crippen molar-refractivity contribution in [2.45, 2.75) is 0 Å². The molecular formula is C53H32N6O. The van der Waals surface area contributed by atoms with Crippen molar-refractivity contribution in [3.05, 3.63) is 194 Å². The Labute approximate surface area is 343 Å². The fourth-order valence-electron chi connectivity index (χ4n) is 8.48. The Morgan fingerprint density at radius 2 is 0.950 bits per heavy atom. The summed E-state index contributed by atoms with van der Waals surface area (Å²) in [6.45, 7) is 0. The summed E-state index contributed by atoms with van der Waals surface area (Å²) in [4.78, 5) is 25.6. The first-order valence-electron chi connectivity index (χ1n) is 19.9. The average Bonchev–Trinajstić information content (AvgIpc) is 3.87. The van der Waals surface area contributed by atoms with E-state index in [9.17, 15) is 0 Å². The van der Waals surface area contributed by atoms with Crippen molar-refractivity contribution in [2.75, 3.05) is 0 Å². The van der Waals surface area contributed by atoms with Crippen molar-refractivity contribution in [2.24, 2.45) is 0 Å². The van der Waals surface area contributed by atoms with E-state index in [4.69, 9.17) is 29.3 Å². The molecule has 0 fully saturated rings. The molecule has 0 amide bonds.